The molecule has 0 spiro atoms. The first-order valence-electron chi connectivity index (χ1n) is 12.0. The van der Waals surface area contributed by atoms with E-state index in [9.17, 15) is 4.79 Å². The van der Waals surface area contributed by atoms with Crippen LogP contribution < -0.4 is 0 Å². The molecule has 2 heteroatoms. The maximum absolute atomic E-state index is 12.4. The second-order valence-electron chi connectivity index (χ2n) is 10.1. The molecule has 0 aromatic rings. The van der Waals surface area contributed by atoms with Crippen molar-refractivity contribution in [3.63, 3.8) is 0 Å². The Hall–Kier alpha value is -1.67. The molecule has 0 aromatic heterocycles. The van der Waals surface area contributed by atoms with Crippen molar-refractivity contribution in [2.24, 2.45) is 0 Å². The number of Topliss-reactive ketones (excluding diaryl/α,β-unsaturated/α-hetero) is 1. The molecule has 0 saturated carbocycles. The molecule has 1 aliphatic heterocycles. The van der Waals surface area contributed by atoms with Gasteiger partial charge in [-0.1, -0.05) is 34.9 Å². The molecule has 1 fully saturated rings. The van der Waals surface area contributed by atoms with Gasteiger partial charge >= 0.3 is 0 Å². The van der Waals surface area contributed by atoms with E-state index in [4.69, 9.17) is 4.74 Å². The highest BCUT2D eigenvalue weighted by molar-refractivity contribution is 6.10. The number of allylic oxidation sites excluding steroid dienone is 8. The highest BCUT2D eigenvalue weighted by atomic mass is 16.5. The van der Waals surface area contributed by atoms with Crippen LogP contribution in [0.25, 0.3) is 0 Å². The van der Waals surface area contributed by atoms with E-state index < -0.39 is 0 Å². The van der Waals surface area contributed by atoms with Gasteiger partial charge in [0, 0.05) is 0 Å². The van der Waals surface area contributed by atoms with Crippen molar-refractivity contribution in [2.75, 3.05) is 0 Å². The van der Waals surface area contributed by atoms with Crippen molar-refractivity contribution in [3.05, 3.63) is 63.3 Å². The summed E-state index contributed by atoms with van der Waals surface area (Å²) in [6.07, 6.45) is 16.6. The van der Waals surface area contributed by atoms with Gasteiger partial charge in [0.25, 0.3) is 0 Å². The second-order valence-corrected chi connectivity index (χ2v) is 10.1. The van der Waals surface area contributed by atoms with Crippen LogP contribution in [-0.4, -0.2) is 11.4 Å². The molecule has 0 N–H and O–H groups in total. The zero-order valence-electron chi connectivity index (χ0n) is 21.2. The molecular formula is C29H43O2. The number of ether oxygens (including phenoxy) is 1. The highest BCUT2D eigenvalue weighted by Gasteiger charge is 2.41. The smallest absolute Gasteiger partial charge is 0.184 e. The predicted octanol–water partition coefficient (Wildman–Crippen LogP) is 8.52. The third-order valence-electron chi connectivity index (χ3n) is 6.85. The van der Waals surface area contributed by atoms with Crippen LogP contribution in [0.4, 0.5) is 0 Å². The van der Waals surface area contributed by atoms with E-state index in [2.05, 4.69) is 52.8 Å². The molecule has 0 aromatic carbocycles. The molecule has 1 aliphatic carbocycles. The Morgan fingerprint density at radius 2 is 1.45 bits per heavy atom. The van der Waals surface area contributed by atoms with Gasteiger partial charge in [-0.25, -0.2) is 0 Å². The van der Waals surface area contributed by atoms with Crippen molar-refractivity contribution >= 4 is 5.78 Å². The molecule has 1 heterocycles. The summed E-state index contributed by atoms with van der Waals surface area (Å²) in [5, 5.41) is 0. The average molecular weight is 424 g/mol. The minimum absolute atomic E-state index is 0.154. The minimum atomic E-state index is -0.154. The first-order valence-corrected chi connectivity index (χ1v) is 12.0. The molecule has 0 amide bonds. The normalized spacial score (nSPS) is 23.4. The quantitative estimate of drug-likeness (QED) is 0.347. The van der Waals surface area contributed by atoms with Crippen LogP contribution in [0.1, 0.15) is 107 Å². The lowest BCUT2D eigenvalue weighted by atomic mass is 9.77. The Morgan fingerprint density at radius 3 is 2.06 bits per heavy atom. The van der Waals surface area contributed by atoms with Crippen LogP contribution in [-0.2, 0) is 9.53 Å². The summed E-state index contributed by atoms with van der Waals surface area (Å²) in [4.78, 5) is 12.4. The predicted molar refractivity (Wildman–Crippen MR) is 133 cm³/mol. The van der Waals surface area contributed by atoms with Crippen LogP contribution in [0.3, 0.4) is 0 Å². The number of rotatable bonds is 9. The van der Waals surface area contributed by atoms with Crippen LogP contribution in [0, 0.1) is 6.10 Å². The van der Waals surface area contributed by atoms with Gasteiger partial charge in [-0.3, -0.25) is 4.79 Å². The minimum Gasteiger partial charge on any atom is -0.356 e. The summed E-state index contributed by atoms with van der Waals surface area (Å²) >= 11 is 0. The van der Waals surface area contributed by atoms with E-state index in [1.807, 2.05) is 20.8 Å². The van der Waals surface area contributed by atoms with Gasteiger partial charge in [0.1, 0.15) is 6.10 Å². The third kappa shape index (κ3) is 7.17. The number of ketones is 1. The maximum atomic E-state index is 12.4. The van der Waals surface area contributed by atoms with Crippen LogP contribution in [0.5, 0.6) is 0 Å². The molecule has 31 heavy (non-hydrogen) atoms. The molecule has 1 unspecified atom stereocenters. The zero-order valence-corrected chi connectivity index (χ0v) is 21.2. The summed E-state index contributed by atoms with van der Waals surface area (Å²) in [7, 11) is 0. The summed E-state index contributed by atoms with van der Waals surface area (Å²) in [5.41, 5.74) is 8.07. The van der Waals surface area contributed by atoms with Crippen molar-refractivity contribution in [2.45, 2.75) is 112 Å². The van der Waals surface area contributed by atoms with Crippen molar-refractivity contribution in [1.29, 1.82) is 0 Å². The zero-order chi connectivity index (χ0) is 23.2. The lowest BCUT2D eigenvalue weighted by molar-refractivity contribution is -0.113. The summed E-state index contributed by atoms with van der Waals surface area (Å²) in [6, 6.07) is 0. The highest BCUT2D eigenvalue weighted by Crippen LogP contribution is 2.46. The molecule has 1 saturated heterocycles. The molecule has 2 nitrogen and oxygen atoms in total. The third-order valence-corrected chi connectivity index (χ3v) is 6.85. The number of hydrogen-bond donors (Lipinski definition) is 0. The van der Waals surface area contributed by atoms with Gasteiger partial charge in [0.15, 0.2) is 5.78 Å². The monoisotopic (exact) mass is 423 g/mol. The van der Waals surface area contributed by atoms with Gasteiger partial charge in [0.2, 0.25) is 0 Å². The molecular weight excluding hydrogens is 380 g/mol. The Balaban J connectivity index is 1.84. The van der Waals surface area contributed by atoms with Gasteiger partial charge in [-0.15, -0.1) is 0 Å². The molecule has 0 bridgehead atoms. The molecule has 1 atom stereocenters. The number of carbonyl (C=O) groups excluding carboxylic acids is 1. The number of carbonyl (C=O) groups is 1. The Bertz CT molecular complexity index is 827. The van der Waals surface area contributed by atoms with Crippen molar-refractivity contribution < 1.29 is 9.53 Å². The first-order chi connectivity index (χ1) is 14.5. The lowest BCUT2D eigenvalue weighted by Gasteiger charge is -2.42. The fraction of sp³-hybridized carbons (Fsp3) is 0.586. The Kier molecular flexibility index (Phi) is 9.30. The van der Waals surface area contributed by atoms with E-state index in [0.29, 0.717) is 0 Å². The van der Waals surface area contributed by atoms with Crippen LogP contribution >= 0.6 is 0 Å². The van der Waals surface area contributed by atoms with Crippen LogP contribution in [0.2, 0.25) is 0 Å². The topological polar surface area (TPSA) is 26.3 Å². The van der Waals surface area contributed by atoms with E-state index in [1.54, 1.807) is 0 Å². The van der Waals surface area contributed by atoms with E-state index in [-0.39, 0.29) is 11.4 Å². The number of hydrogen-bond acceptors (Lipinski definition) is 2. The van der Waals surface area contributed by atoms with E-state index >= 15 is 0 Å². The second kappa shape index (κ2) is 11.3. The Morgan fingerprint density at radius 1 is 0.871 bits per heavy atom. The lowest BCUT2D eigenvalue weighted by Crippen LogP contribution is -2.38. The SMILES string of the molecule is CC(C)=CCC/C(C)=C/CC/C(C)=C/CCC1(C)CCC2=C(C)C(=O)C(C)=C(C)[C]2O1. The number of fused-ring (bicyclic) bond motifs is 1. The standard InChI is InChI=1S/C29H43O2/c1-20(2)12-9-13-21(3)14-10-15-22(4)16-11-18-29(8)19-17-26-25(7)27(30)23(5)24(6)28(26)31-29/h12,14,16H,9-11,13,15,17-19H2,1-8H3/b21-14+,22-16+. The molecule has 2 aliphatic rings. The van der Waals surface area contributed by atoms with E-state index in [0.717, 1.165) is 79.8 Å². The maximum Gasteiger partial charge on any atom is 0.184 e. The summed E-state index contributed by atoms with van der Waals surface area (Å²) in [5.74, 6) is 0.184. The van der Waals surface area contributed by atoms with E-state index in [1.165, 1.54) is 16.7 Å². The fourth-order valence-corrected chi connectivity index (χ4v) is 4.42. The largest absolute Gasteiger partial charge is 0.356 e. The van der Waals surface area contributed by atoms with Gasteiger partial charge in [0.05, 0.1) is 5.60 Å². The van der Waals surface area contributed by atoms with Gasteiger partial charge in [-0.2, -0.15) is 0 Å². The summed E-state index contributed by atoms with van der Waals surface area (Å²) < 4.78 is 6.53. The van der Waals surface area contributed by atoms with Crippen molar-refractivity contribution in [1.82, 2.24) is 0 Å². The fourth-order valence-electron chi connectivity index (χ4n) is 4.42. The average Bonchev–Trinajstić information content (AvgIpc) is 2.70. The van der Waals surface area contributed by atoms with Gasteiger partial charge in [-0.05, 0) is 129 Å². The Labute approximate surface area is 191 Å². The van der Waals surface area contributed by atoms with Crippen molar-refractivity contribution in [3.8, 4) is 0 Å². The summed E-state index contributed by atoms with van der Waals surface area (Å²) in [6.45, 7) is 16.9. The van der Waals surface area contributed by atoms with Crippen LogP contribution in [0.15, 0.2) is 57.2 Å². The molecule has 1 radical (unpaired) electrons. The van der Waals surface area contributed by atoms with Gasteiger partial charge < -0.3 is 4.74 Å². The molecule has 171 valence electrons. The first kappa shape index (κ1) is 25.6. The molecule has 2 rings (SSSR count).